The zero-order valence-electron chi connectivity index (χ0n) is 20.7. The molecule has 3 fully saturated rings. The number of rotatable bonds is 6. The Balaban J connectivity index is 1.24. The van der Waals surface area contributed by atoms with Gasteiger partial charge in [0.2, 0.25) is 0 Å². The van der Waals surface area contributed by atoms with Gasteiger partial charge < -0.3 is 20.7 Å². The van der Waals surface area contributed by atoms with Crippen molar-refractivity contribution in [3.8, 4) is 0 Å². The second-order valence-electron chi connectivity index (χ2n) is 11.2. The maximum Gasteiger partial charge on any atom is 0.136 e. The molecule has 0 unspecified atom stereocenters. The van der Waals surface area contributed by atoms with E-state index in [0.717, 1.165) is 67.6 Å². The van der Waals surface area contributed by atoms with Crippen molar-refractivity contribution in [2.45, 2.75) is 77.1 Å². The number of aliphatic hydroxyl groups is 1. The molecule has 2 aromatic rings. The third kappa shape index (κ3) is 3.29. The highest BCUT2D eigenvalue weighted by Crippen LogP contribution is 2.60. The Labute approximate surface area is 201 Å². The first-order valence-electron chi connectivity index (χ1n) is 12.8. The zero-order valence-corrected chi connectivity index (χ0v) is 20.7. The quantitative estimate of drug-likeness (QED) is 0.571. The van der Waals surface area contributed by atoms with Crippen molar-refractivity contribution in [3.63, 3.8) is 0 Å². The van der Waals surface area contributed by atoms with Crippen LogP contribution in [0.15, 0.2) is 6.07 Å². The van der Waals surface area contributed by atoms with Crippen molar-refractivity contribution in [2.75, 3.05) is 36.9 Å². The molecule has 0 radical (unpaired) electrons. The molecular weight excluding hydrogens is 426 g/mol. The van der Waals surface area contributed by atoms with E-state index in [2.05, 4.69) is 37.8 Å². The van der Waals surface area contributed by atoms with Crippen molar-refractivity contribution in [3.05, 3.63) is 34.3 Å². The number of aliphatic hydroxyl groups excluding tert-OH is 1. The molecular formula is C26H37N7O. The second kappa shape index (κ2) is 7.78. The lowest BCUT2D eigenvalue weighted by molar-refractivity contribution is -0.0644. The predicted molar refractivity (Wildman–Crippen MR) is 134 cm³/mol. The van der Waals surface area contributed by atoms with Gasteiger partial charge in [0.05, 0.1) is 23.0 Å². The number of nitrogens with zero attached hydrogens (tertiary/aromatic N) is 5. The highest BCUT2D eigenvalue weighted by molar-refractivity contribution is 5.92. The number of pyridine rings is 1. The molecule has 4 heterocycles. The van der Waals surface area contributed by atoms with Crippen LogP contribution in [-0.4, -0.2) is 69.3 Å². The van der Waals surface area contributed by atoms with Gasteiger partial charge in [-0.05, 0) is 57.4 Å². The number of anilines is 2. The first-order valence-corrected chi connectivity index (χ1v) is 12.8. The van der Waals surface area contributed by atoms with E-state index in [9.17, 15) is 5.11 Å². The fourth-order valence-electron chi connectivity index (χ4n) is 7.36. The number of hydrogen-bond acceptors (Lipinski definition) is 7. The molecule has 34 heavy (non-hydrogen) atoms. The van der Waals surface area contributed by atoms with E-state index in [4.69, 9.17) is 10.5 Å². The molecule has 8 nitrogen and oxygen atoms in total. The van der Waals surface area contributed by atoms with E-state index in [0.29, 0.717) is 11.0 Å². The number of β-amino-alcohol motifs (C(OH)–C–C–N with tert-alkyl or cyclic N) is 1. The molecule has 0 spiro atoms. The van der Waals surface area contributed by atoms with Crippen LogP contribution in [0.25, 0.3) is 0 Å². The molecule has 8 heteroatoms. The van der Waals surface area contributed by atoms with Crippen LogP contribution in [0.1, 0.15) is 60.3 Å². The summed E-state index contributed by atoms with van der Waals surface area (Å²) in [5, 5.41) is 26.1. The summed E-state index contributed by atoms with van der Waals surface area (Å²) in [6.45, 7) is 8.68. The van der Waals surface area contributed by atoms with E-state index in [1.165, 1.54) is 49.6 Å². The molecule has 3 N–H and O–H groups in total. The van der Waals surface area contributed by atoms with E-state index >= 15 is 0 Å². The molecule has 0 amide bonds. The lowest BCUT2D eigenvalue weighted by atomic mass is 9.83. The Morgan fingerprint density at radius 1 is 1.24 bits per heavy atom. The van der Waals surface area contributed by atoms with Gasteiger partial charge in [0.15, 0.2) is 0 Å². The maximum absolute atomic E-state index is 9.84. The van der Waals surface area contributed by atoms with Gasteiger partial charge in [-0.2, -0.15) is 5.10 Å². The topological polar surface area (TPSA) is 93.3 Å². The molecule has 2 aromatic heterocycles. The molecule has 182 valence electrons. The molecule has 4 aliphatic rings. The van der Waals surface area contributed by atoms with Crippen LogP contribution >= 0.6 is 0 Å². The summed E-state index contributed by atoms with van der Waals surface area (Å²) < 4.78 is 2.35. The molecule has 2 aliphatic carbocycles. The average Bonchev–Trinajstić information content (AvgIpc) is 3.46. The van der Waals surface area contributed by atoms with Crippen LogP contribution in [0.3, 0.4) is 0 Å². The van der Waals surface area contributed by atoms with Gasteiger partial charge in [0.25, 0.3) is 0 Å². The van der Waals surface area contributed by atoms with Crippen molar-refractivity contribution < 1.29 is 5.11 Å². The molecule has 2 bridgehead atoms. The smallest absolute Gasteiger partial charge is 0.136 e. The zero-order chi connectivity index (χ0) is 23.7. The lowest BCUT2D eigenvalue weighted by Gasteiger charge is -2.48. The van der Waals surface area contributed by atoms with Crippen molar-refractivity contribution in [1.29, 1.82) is 5.41 Å². The molecule has 0 atom stereocenters. The fourth-order valence-corrected chi connectivity index (χ4v) is 7.36. The third-order valence-corrected chi connectivity index (χ3v) is 9.19. The third-order valence-electron chi connectivity index (χ3n) is 9.19. The minimum atomic E-state index is -0.116. The van der Waals surface area contributed by atoms with Crippen molar-refractivity contribution in [1.82, 2.24) is 19.7 Å². The van der Waals surface area contributed by atoms with E-state index < -0.39 is 0 Å². The molecule has 0 aromatic carbocycles. The minimum Gasteiger partial charge on any atom is -0.390 e. The van der Waals surface area contributed by atoms with Gasteiger partial charge in [0.1, 0.15) is 5.82 Å². The summed E-state index contributed by atoms with van der Waals surface area (Å²) in [5.74, 6) is 0.767. The number of nitrogens with one attached hydrogen (secondary N) is 2. The molecule has 2 aliphatic heterocycles. The van der Waals surface area contributed by atoms with Gasteiger partial charge in [0, 0.05) is 74.9 Å². The van der Waals surface area contributed by atoms with Crippen molar-refractivity contribution in [2.24, 2.45) is 5.41 Å². The Hall–Kier alpha value is -2.45. The first kappa shape index (κ1) is 22.0. The normalized spacial score (nSPS) is 28.8. The highest BCUT2D eigenvalue weighted by atomic mass is 16.3. The largest absolute Gasteiger partial charge is 0.390 e. The number of likely N-dealkylation sites (tertiary alicyclic amines) is 1. The maximum atomic E-state index is 9.84. The Bertz CT molecular complexity index is 1120. The summed E-state index contributed by atoms with van der Waals surface area (Å²) in [5.41, 5.74) is 7.49. The monoisotopic (exact) mass is 463 g/mol. The minimum absolute atomic E-state index is 0.116. The van der Waals surface area contributed by atoms with Crippen LogP contribution in [-0.2, 0) is 19.5 Å². The summed E-state index contributed by atoms with van der Waals surface area (Å²) in [7, 11) is 1.87. The fraction of sp³-hybridized carbons (Fsp3) is 0.654. The van der Waals surface area contributed by atoms with Gasteiger partial charge in [-0.1, -0.05) is 0 Å². The standard InChI is InChI=1S/C26H37N7O/c1-17-10-23(20(11-27)24(28-3)29-17)31-9-4-22-21(14-31)18(2)30-33(22)16-25-5-7-26(15-25,8-6-25)32-12-19(34)13-32/h10-11,19,27,34H,4-9,12-16H2,1-3H3,(H,28,29). The number of hydrogen-bond donors (Lipinski definition) is 3. The molecule has 6 rings (SSSR count). The van der Waals surface area contributed by atoms with Crippen molar-refractivity contribution >= 4 is 17.7 Å². The van der Waals surface area contributed by atoms with Crippen LogP contribution in [0.2, 0.25) is 0 Å². The van der Waals surface area contributed by atoms with Crippen LogP contribution in [0.4, 0.5) is 11.5 Å². The first-order chi connectivity index (χ1) is 16.4. The SMILES string of the molecule is CNc1nc(C)cc(N2CCc3c(c(C)nn3CC34CCC(N5CC(O)C5)(CC3)C4)C2)c1C=N. The molecule has 2 saturated carbocycles. The average molecular weight is 464 g/mol. The van der Waals surface area contributed by atoms with E-state index in [1.54, 1.807) is 0 Å². The van der Waals surface area contributed by atoms with Gasteiger partial charge >= 0.3 is 0 Å². The Morgan fingerprint density at radius 2 is 2.00 bits per heavy atom. The number of aromatic nitrogens is 3. The van der Waals surface area contributed by atoms with Gasteiger partial charge in [-0.15, -0.1) is 0 Å². The molecule has 1 saturated heterocycles. The Kier molecular flexibility index (Phi) is 5.04. The van der Waals surface area contributed by atoms with Crippen LogP contribution in [0, 0.1) is 24.7 Å². The summed E-state index contributed by atoms with van der Waals surface area (Å²) in [6, 6.07) is 2.11. The summed E-state index contributed by atoms with van der Waals surface area (Å²) >= 11 is 0. The second-order valence-corrected chi connectivity index (χ2v) is 11.2. The number of aryl methyl sites for hydroxylation is 2. The highest BCUT2D eigenvalue weighted by Gasteiger charge is 2.58. The Morgan fingerprint density at radius 3 is 2.68 bits per heavy atom. The predicted octanol–water partition coefficient (Wildman–Crippen LogP) is 2.88. The van der Waals surface area contributed by atoms with E-state index in [-0.39, 0.29) is 6.10 Å². The van der Waals surface area contributed by atoms with E-state index in [1.807, 2.05) is 14.0 Å². The lowest BCUT2D eigenvalue weighted by Crippen LogP contribution is -2.60. The summed E-state index contributed by atoms with van der Waals surface area (Å²) in [4.78, 5) is 9.52. The summed E-state index contributed by atoms with van der Waals surface area (Å²) in [6.07, 6.45) is 8.66. The van der Waals surface area contributed by atoms with Gasteiger partial charge in [-0.25, -0.2) is 4.98 Å². The number of fused-ring (bicyclic) bond motifs is 3. The van der Waals surface area contributed by atoms with Gasteiger partial charge in [-0.3, -0.25) is 9.58 Å². The van der Waals surface area contributed by atoms with Crippen LogP contribution in [0.5, 0.6) is 0 Å². The van der Waals surface area contributed by atoms with Crippen LogP contribution < -0.4 is 10.2 Å².